The molecule has 1 aliphatic rings. The molecule has 4 N–H and O–H groups in total. The second kappa shape index (κ2) is 37.9. The zero-order chi connectivity index (χ0) is 40.7. The van der Waals surface area contributed by atoms with Gasteiger partial charge in [-0.25, -0.2) is 0 Å². The summed E-state index contributed by atoms with van der Waals surface area (Å²) in [6, 6.07) is 0. The van der Waals surface area contributed by atoms with Gasteiger partial charge in [-0.3, -0.25) is 4.79 Å². The molecule has 320 valence electrons. The lowest BCUT2D eigenvalue weighted by Gasteiger charge is -2.39. The number of hydrogen-bond donors (Lipinski definition) is 4. The Bertz CT molecular complexity index is 1120. The molecule has 0 spiro atoms. The molecule has 1 rings (SSSR count). The van der Waals surface area contributed by atoms with Crippen LogP contribution in [0.4, 0.5) is 0 Å². The normalized spacial score (nSPS) is 21.4. The van der Waals surface area contributed by atoms with E-state index in [1.807, 2.05) is 0 Å². The van der Waals surface area contributed by atoms with E-state index < -0.39 is 43.4 Å². The number of aliphatic hydroxyl groups excluding tert-OH is 4. The van der Waals surface area contributed by atoms with E-state index in [1.54, 1.807) is 0 Å². The number of carbonyl (C=O) groups excluding carboxylic acids is 1. The molecule has 9 heteroatoms. The molecule has 0 bridgehead atoms. The van der Waals surface area contributed by atoms with Gasteiger partial charge in [0.15, 0.2) is 6.29 Å². The number of rotatable bonds is 35. The molecule has 0 aliphatic carbocycles. The Balaban J connectivity index is 2.33. The lowest BCUT2D eigenvalue weighted by molar-refractivity contribution is -0.305. The minimum absolute atomic E-state index is 0.0959. The summed E-state index contributed by atoms with van der Waals surface area (Å²) in [6.45, 7) is 4.23. The van der Waals surface area contributed by atoms with Gasteiger partial charge in [0.25, 0.3) is 0 Å². The molecule has 6 atom stereocenters. The number of allylic oxidation sites excluding steroid dienone is 14. The van der Waals surface area contributed by atoms with Crippen LogP contribution in [0.1, 0.15) is 142 Å². The number of carbonyl (C=O) groups is 1. The van der Waals surface area contributed by atoms with Crippen molar-refractivity contribution in [2.24, 2.45) is 0 Å². The zero-order valence-electron chi connectivity index (χ0n) is 34.8. The van der Waals surface area contributed by atoms with Gasteiger partial charge in [0, 0.05) is 13.0 Å². The predicted octanol–water partition coefficient (Wildman–Crippen LogP) is 9.47. The topological polar surface area (TPSA) is 135 Å². The number of ether oxygens (including phenoxy) is 4. The van der Waals surface area contributed by atoms with Gasteiger partial charge in [-0.2, -0.15) is 0 Å². The molecule has 0 aromatic rings. The molecule has 0 saturated carbocycles. The van der Waals surface area contributed by atoms with Crippen molar-refractivity contribution in [2.75, 3.05) is 26.4 Å². The fourth-order valence-electron chi connectivity index (χ4n) is 5.91. The van der Waals surface area contributed by atoms with Gasteiger partial charge in [-0.1, -0.05) is 137 Å². The van der Waals surface area contributed by atoms with E-state index in [-0.39, 0.29) is 25.6 Å². The molecule has 9 nitrogen and oxygen atoms in total. The largest absolute Gasteiger partial charge is 0.457 e. The van der Waals surface area contributed by atoms with E-state index in [9.17, 15) is 25.2 Å². The summed E-state index contributed by atoms with van der Waals surface area (Å²) < 4.78 is 22.7. The average Bonchev–Trinajstić information content (AvgIpc) is 3.20. The minimum Gasteiger partial charge on any atom is -0.457 e. The third-order valence-corrected chi connectivity index (χ3v) is 9.30. The van der Waals surface area contributed by atoms with E-state index in [2.05, 4.69) is 98.9 Å². The molecule has 1 aliphatic heterocycles. The van der Waals surface area contributed by atoms with Crippen LogP contribution in [0, 0.1) is 0 Å². The molecule has 56 heavy (non-hydrogen) atoms. The van der Waals surface area contributed by atoms with Crippen molar-refractivity contribution >= 4 is 5.97 Å². The number of esters is 1. The maximum Gasteiger partial charge on any atom is 0.306 e. The van der Waals surface area contributed by atoms with Crippen LogP contribution < -0.4 is 0 Å². The van der Waals surface area contributed by atoms with Crippen molar-refractivity contribution in [3.63, 3.8) is 0 Å². The predicted molar refractivity (Wildman–Crippen MR) is 228 cm³/mol. The van der Waals surface area contributed by atoms with E-state index >= 15 is 0 Å². The molecule has 0 radical (unpaired) electrons. The van der Waals surface area contributed by atoms with Crippen LogP contribution in [0.2, 0.25) is 0 Å². The van der Waals surface area contributed by atoms with Crippen molar-refractivity contribution in [1.82, 2.24) is 0 Å². The van der Waals surface area contributed by atoms with Gasteiger partial charge in [-0.15, -0.1) is 0 Å². The maximum absolute atomic E-state index is 12.8. The van der Waals surface area contributed by atoms with Crippen LogP contribution in [-0.4, -0.2) is 89.6 Å². The van der Waals surface area contributed by atoms with Gasteiger partial charge in [-0.05, 0) is 83.5 Å². The Morgan fingerprint density at radius 2 is 1.09 bits per heavy atom. The molecule has 1 fully saturated rings. The van der Waals surface area contributed by atoms with Crippen molar-refractivity contribution < 1.29 is 44.2 Å². The highest BCUT2D eigenvalue weighted by Gasteiger charge is 2.44. The van der Waals surface area contributed by atoms with Crippen molar-refractivity contribution in [3.05, 3.63) is 85.1 Å². The third-order valence-electron chi connectivity index (χ3n) is 9.30. The fourth-order valence-corrected chi connectivity index (χ4v) is 5.91. The number of aliphatic hydroxyl groups is 4. The monoisotopic (exact) mass is 787 g/mol. The van der Waals surface area contributed by atoms with Crippen LogP contribution >= 0.6 is 0 Å². The lowest BCUT2D eigenvalue weighted by atomic mass is 9.99. The Labute approximate surface area is 339 Å². The third kappa shape index (κ3) is 28.7. The number of hydrogen-bond acceptors (Lipinski definition) is 9. The van der Waals surface area contributed by atoms with Crippen molar-refractivity contribution in [3.8, 4) is 0 Å². The summed E-state index contributed by atoms with van der Waals surface area (Å²) in [7, 11) is 0. The Kier molecular flexibility index (Phi) is 34.8. The zero-order valence-corrected chi connectivity index (χ0v) is 34.8. The highest BCUT2D eigenvalue weighted by Crippen LogP contribution is 2.22. The lowest BCUT2D eigenvalue weighted by Crippen LogP contribution is -2.59. The van der Waals surface area contributed by atoms with Crippen LogP contribution in [-0.2, 0) is 23.7 Å². The molecule has 0 aromatic carbocycles. The highest BCUT2D eigenvalue weighted by molar-refractivity contribution is 5.69. The maximum atomic E-state index is 12.8. The molecule has 6 unspecified atom stereocenters. The van der Waals surface area contributed by atoms with Gasteiger partial charge < -0.3 is 39.4 Å². The van der Waals surface area contributed by atoms with Crippen LogP contribution in [0.5, 0.6) is 0 Å². The van der Waals surface area contributed by atoms with E-state index in [4.69, 9.17) is 18.9 Å². The van der Waals surface area contributed by atoms with Gasteiger partial charge in [0.2, 0.25) is 0 Å². The molecule has 0 aromatic heterocycles. The molecular weight excluding hydrogens is 709 g/mol. The Morgan fingerprint density at radius 1 is 0.589 bits per heavy atom. The number of unbranched alkanes of at least 4 members (excludes halogenated alkanes) is 10. The van der Waals surface area contributed by atoms with Crippen LogP contribution in [0.3, 0.4) is 0 Å². The van der Waals surface area contributed by atoms with E-state index in [1.165, 1.54) is 38.5 Å². The first-order valence-corrected chi connectivity index (χ1v) is 21.7. The molecule has 0 amide bonds. The standard InChI is InChI=1S/C47H78O9/c1-3-5-7-9-11-13-15-17-19-20-21-22-23-24-26-28-30-32-34-36-43(49)55-41(40-54-47-46(52)45(51)44(50)42(38-48)56-47)39-53-37-35-33-31-29-27-25-18-16-14-12-10-8-6-4-2/h6,8,11-14,17-19,21-22,25,29,31,41-42,44-48,50-52H,3-5,7,9-10,15-16,20,23-24,26-28,30,32-40H2,1-2H3/b8-6-,13-11-,14-12-,19-17-,22-21-,25-18-,31-29-. The Hall–Kier alpha value is -2.63. The van der Waals surface area contributed by atoms with Gasteiger partial charge in [0.1, 0.15) is 30.5 Å². The van der Waals surface area contributed by atoms with Crippen LogP contribution in [0.25, 0.3) is 0 Å². The van der Waals surface area contributed by atoms with E-state index in [0.29, 0.717) is 6.61 Å². The minimum atomic E-state index is -1.55. The van der Waals surface area contributed by atoms with Gasteiger partial charge >= 0.3 is 5.97 Å². The molecule has 1 heterocycles. The SMILES string of the molecule is CC/C=C\C/C=C\C/C=C\C/C=C\CCCOCC(COC1OC(CO)C(O)C(O)C1O)OC(=O)CCCCCCCC/C=C\C/C=C\C/C=C\CCCCC. The second-order valence-electron chi connectivity index (χ2n) is 14.4. The average molecular weight is 787 g/mol. The second-order valence-corrected chi connectivity index (χ2v) is 14.4. The summed E-state index contributed by atoms with van der Waals surface area (Å²) in [5, 5.41) is 40.1. The van der Waals surface area contributed by atoms with Crippen molar-refractivity contribution in [2.45, 2.75) is 179 Å². The molecular formula is C47H78O9. The van der Waals surface area contributed by atoms with Crippen molar-refractivity contribution in [1.29, 1.82) is 0 Å². The van der Waals surface area contributed by atoms with E-state index in [0.717, 1.165) is 83.5 Å². The van der Waals surface area contributed by atoms with Crippen LogP contribution in [0.15, 0.2) is 85.1 Å². The highest BCUT2D eigenvalue weighted by atomic mass is 16.7. The molecule has 1 saturated heterocycles. The summed E-state index contributed by atoms with van der Waals surface area (Å²) in [5.41, 5.74) is 0. The summed E-state index contributed by atoms with van der Waals surface area (Å²) in [4.78, 5) is 12.8. The first kappa shape index (κ1) is 51.4. The fraction of sp³-hybridized carbons (Fsp3) is 0.681. The summed E-state index contributed by atoms with van der Waals surface area (Å²) in [5.74, 6) is -0.349. The quantitative estimate of drug-likeness (QED) is 0.0282. The first-order chi connectivity index (χ1) is 27.4. The summed E-state index contributed by atoms with van der Waals surface area (Å²) in [6.07, 6.45) is 43.3. The first-order valence-electron chi connectivity index (χ1n) is 21.7. The summed E-state index contributed by atoms with van der Waals surface area (Å²) >= 11 is 0. The smallest absolute Gasteiger partial charge is 0.306 e. The Morgan fingerprint density at radius 3 is 1.64 bits per heavy atom. The van der Waals surface area contributed by atoms with Gasteiger partial charge in [0.05, 0.1) is 19.8 Å².